The van der Waals surface area contributed by atoms with E-state index in [9.17, 15) is 30.0 Å². The highest BCUT2D eigenvalue weighted by Crippen LogP contribution is 2.34. The summed E-state index contributed by atoms with van der Waals surface area (Å²) in [6, 6.07) is 9.99. The molecule has 0 aliphatic carbocycles. The number of rotatable bonds is 13. The first-order chi connectivity index (χ1) is 20.3. The molecule has 0 radical (unpaired) electrons. The fraction of sp³-hybridized carbons (Fsp3) is 0.588. The van der Waals surface area contributed by atoms with Crippen molar-refractivity contribution in [2.45, 2.75) is 80.1 Å². The maximum atomic E-state index is 11.3. The summed E-state index contributed by atoms with van der Waals surface area (Å²) >= 11 is 0. The SMILES string of the molecule is Cc1cc(C(CC(C)(C)C)C(=O)O)ccc1O.Cc1cc(C(CC(C)(C)C)C(=O)O)ccc1O.OCCOCCOCCO. The number of ether oxygens (including phenoxy) is 2. The molecule has 10 nitrogen and oxygen atoms in total. The maximum Gasteiger partial charge on any atom is 0.310 e. The lowest BCUT2D eigenvalue weighted by Gasteiger charge is -2.23. The molecule has 0 aliphatic rings. The molecule has 2 unspecified atom stereocenters. The van der Waals surface area contributed by atoms with Gasteiger partial charge in [-0.2, -0.15) is 0 Å². The molecule has 44 heavy (non-hydrogen) atoms. The second-order valence-electron chi connectivity index (χ2n) is 13.1. The Balaban J connectivity index is 0.000000655. The predicted molar refractivity (Wildman–Crippen MR) is 170 cm³/mol. The predicted octanol–water partition coefficient (Wildman–Crippen LogP) is 5.61. The topological polar surface area (TPSA) is 174 Å². The number of hydrogen-bond donors (Lipinski definition) is 6. The number of aliphatic hydroxyl groups is 2. The molecule has 2 atom stereocenters. The standard InChI is InChI=1S/2C14H20O3.C6H14O4/c2*1-9-7-10(5-6-12(9)15)11(13(16)17)8-14(2,3)4;7-1-3-9-5-6-10-4-2-8/h2*5-7,11,15H,8H2,1-4H3,(H,16,17);7-8H,1-6H2. The number of aliphatic hydroxyl groups excluding tert-OH is 2. The van der Waals surface area contributed by atoms with Crippen molar-refractivity contribution in [3.8, 4) is 11.5 Å². The van der Waals surface area contributed by atoms with Crippen LogP contribution in [-0.2, 0) is 19.1 Å². The van der Waals surface area contributed by atoms with Crippen molar-refractivity contribution in [1.82, 2.24) is 0 Å². The van der Waals surface area contributed by atoms with Crippen LogP contribution >= 0.6 is 0 Å². The lowest BCUT2D eigenvalue weighted by molar-refractivity contribution is -0.140. The van der Waals surface area contributed by atoms with Crippen LogP contribution in [0.1, 0.15) is 88.5 Å². The van der Waals surface area contributed by atoms with Crippen molar-refractivity contribution in [2.24, 2.45) is 10.8 Å². The fourth-order valence-corrected chi connectivity index (χ4v) is 4.16. The van der Waals surface area contributed by atoms with Gasteiger partial charge in [-0.3, -0.25) is 9.59 Å². The lowest BCUT2D eigenvalue weighted by Crippen LogP contribution is -2.19. The average Bonchev–Trinajstić information content (AvgIpc) is 2.91. The number of hydrogen-bond acceptors (Lipinski definition) is 8. The molecule has 0 fully saturated rings. The van der Waals surface area contributed by atoms with E-state index in [1.54, 1.807) is 50.2 Å². The van der Waals surface area contributed by atoms with Crippen molar-refractivity contribution in [2.75, 3.05) is 39.6 Å². The summed E-state index contributed by atoms with van der Waals surface area (Å²) in [5.74, 6) is -2.26. The molecule has 0 aromatic heterocycles. The molecule has 0 heterocycles. The Morgan fingerprint density at radius 3 is 1.18 bits per heavy atom. The first-order valence-electron chi connectivity index (χ1n) is 14.7. The minimum Gasteiger partial charge on any atom is -0.508 e. The third-order valence-electron chi connectivity index (χ3n) is 6.32. The number of benzene rings is 2. The van der Waals surface area contributed by atoms with Crippen LogP contribution in [0.15, 0.2) is 36.4 Å². The Morgan fingerprint density at radius 1 is 0.636 bits per heavy atom. The van der Waals surface area contributed by atoms with Gasteiger partial charge >= 0.3 is 11.9 Å². The van der Waals surface area contributed by atoms with Crippen molar-refractivity contribution in [3.05, 3.63) is 58.7 Å². The van der Waals surface area contributed by atoms with E-state index in [0.29, 0.717) is 50.4 Å². The summed E-state index contributed by atoms with van der Waals surface area (Å²) in [7, 11) is 0. The highest BCUT2D eigenvalue weighted by molar-refractivity contribution is 5.77. The van der Waals surface area contributed by atoms with Gasteiger partial charge in [-0.05, 0) is 71.9 Å². The number of aliphatic carboxylic acids is 2. The van der Waals surface area contributed by atoms with Crippen LogP contribution in [0.25, 0.3) is 0 Å². The van der Waals surface area contributed by atoms with Crippen molar-refractivity contribution in [3.63, 3.8) is 0 Å². The van der Waals surface area contributed by atoms with Crippen LogP contribution in [0.4, 0.5) is 0 Å². The monoisotopic (exact) mass is 622 g/mol. The van der Waals surface area contributed by atoms with Gasteiger partial charge in [0.05, 0.1) is 51.5 Å². The van der Waals surface area contributed by atoms with Crippen LogP contribution < -0.4 is 0 Å². The van der Waals surface area contributed by atoms with E-state index in [1.807, 2.05) is 41.5 Å². The van der Waals surface area contributed by atoms with E-state index in [0.717, 1.165) is 11.1 Å². The Labute approximate surface area is 262 Å². The summed E-state index contributed by atoms with van der Waals surface area (Å²) in [5, 5.41) is 54.0. The van der Waals surface area contributed by atoms with Crippen molar-refractivity contribution >= 4 is 11.9 Å². The zero-order valence-electron chi connectivity index (χ0n) is 27.6. The lowest BCUT2D eigenvalue weighted by atomic mass is 9.81. The molecule has 0 saturated carbocycles. The van der Waals surface area contributed by atoms with Crippen LogP contribution in [-0.4, -0.2) is 82.2 Å². The highest BCUT2D eigenvalue weighted by Gasteiger charge is 2.27. The molecule has 2 rings (SSSR count). The van der Waals surface area contributed by atoms with Gasteiger partial charge in [0, 0.05) is 0 Å². The van der Waals surface area contributed by atoms with E-state index in [4.69, 9.17) is 19.7 Å². The molecule has 250 valence electrons. The van der Waals surface area contributed by atoms with Gasteiger partial charge < -0.3 is 40.1 Å². The molecule has 0 spiro atoms. The van der Waals surface area contributed by atoms with Crippen LogP contribution in [0.5, 0.6) is 11.5 Å². The molecule has 0 saturated heterocycles. The number of aryl methyl sites for hydroxylation is 2. The molecule has 0 amide bonds. The van der Waals surface area contributed by atoms with Crippen LogP contribution in [0.3, 0.4) is 0 Å². The van der Waals surface area contributed by atoms with E-state index in [2.05, 4.69) is 0 Å². The zero-order valence-corrected chi connectivity index (χ0v) is 27.6. The fourth-order valence-electron chi connectivity index (χ4n) is 4.16. The molecular formula is C34H54O10. The molecule has 2 aromatic carbocycles. The number of phenolic OH excluding ortho intramolecular Hbond substituents is 2. The Hall–Kier alpha value is -3.18. The molecule has 10 heteroatoms. The smallest absolute Gasteiger partial charge is 0.310 e. The highest BCUT2D eigenvalue weighted by atomic mass is 16.5. The average molecular weight is 623 g/mol. The van der Waals surface area contributed by atoms with Crippen molar-refractivity contribution in [1.29, 1.82) is 0 Å². The molecule has 6 N–H and O–H groups in total. The molecular weight excluding hydrogens is 568 g/mol. The second kappa shape index (κ2) is 20.0. The van der Waals surface area contributed by atoms with Crippen LogP contribution in [0.2, 0.25) is 0 Å². The molecule has 0 bridgehead atoms. The minimum atomic E-state index is -0.815. The maximum absolute atomic E-state index is 11.3. The molecule has 0 aliphatic heterocycles. The summed E-state index contributed by atoms with van der Waals surface area (Å²) in [5.41, 5.74) is 2.83. The van der Waals surface area contributed by atoms with Gasteiger partial charge in [0.15, 0.2) is 0 Å². The number of phenols is 2. The van der Waals surface area contributed by atoms with Gasteiger partial charge in [-0.15, -0.1) is 0 Å². The van der Waals surface area contributed by atoms with E-state index < -0.39 is 23.8 Å². The van der Waals surface area contributed by atoms with E-state index >= 15 is 0 Å². The molecule has 2 aromatic rings. The summed E-state index contributed by atoms with van der Waals surface area (Å²) < 4.78 is 9.75. The Kier molecular flexibility index (Phi) is 18.5. The van der Waals surface area contributed by atoms with E-state index in [1.165, 1.54) is 0 Å². The quantitative estimate of drug-likeness (QED) is 0.154. The van der Waals surface area contributed by atoms with Crippen LogP contribution in [0, 0.1) is 24.7 Å². The Morgan fingerprint density at radius 2 is 0.955 bits per heavy atom. The number of carboxylic acids is 2. The van der Waals surface area contributed by atoms with Gasteiger partial charge in [0.2, 0.25) is 0 Å². The van der Waals surface area contributed by atoms with Gasteiger partial charge in [-0.1, -0.05) is 65.8 Å². The van der Waals surface area contributed by atoms with E-state index in [-0.39, 0.29) is 35.5 Å². The van der Waals surface area contributed by atoms with Gasteiger partial charge in [0.1, 0.15) is 11.5 Å². The largest absolute Gasteiger partial charge is 0.508 e. The first kappa shape index (κ1) is 40.8. The number of carboxylic acid groups (broad SMARTS) is 2. The number of aromatic hydroxyl groups is 2. The minimum absolute atomic E-state index is 0.0417. The van der Waals surface area contributed by atoms with Gasteiger partial charge in [0.25, 0.3) is 0 Å². The summed E-state index contributed by atoms with van der Waals surface area (Å²) in [6.45, 7) is 17.4. The Bertz CT molecular complexity index is 1040. The zero-order chi connectivity index (χ0) is 34.1. The first-order valence-corrected chi connectivity index (χ1v) is 14.7. The summed E-state index contributed by atoms with van der Waals surface area (Å²) in [6.07, 6.45) is 1.15. The van der Waals surface area contributed by atoms with Crippen molar-refractivity contribution < 1.29 is 49.7 Å². The third kappa shape index (κ3) is 17.8. The second-order valence-corrected chi connectivity index (χ2v) is 13.1. The summed E-state index contributed by atoms with van der Waals surface area (Å²) in [4.78, 5) is 22.6. The van der Waals surface area contributed by atoms with Gasteiger partial charge in [-0.25, -0.2) is 0 Å². The third-order valence-corrected chi connectivity index (χ3v) is 6.32. The normalized spacial score (nSPS) is 12.7. The number of carbonyl (C=O) groups is 2.